The van der Waals surface area contributed by atoms with Gasteiger partial charge in [-0.3, -0.25) is 4.68 Å². The van der Waals surface area contributed by atoms with E-state index in [1.54, 1.807) is 0 Å². The van der Waals surface area contributed by atoms with Crippen molar-refractivity contribution in [2.75, 3.05) is 0 Å². The lowest BCUT2D eigenvalue weighted by Gasteiger charge is -2.13. The molecular formula is C14H19N3. The summed E-state index contributed by atoms with van der Waals surface area (Å²) in [5, 5.41) is 4.41. The number of rotatable bonds is 2. The molecule has 3 nitrogen and oxygen atoms in total. The Morgan fingerprint density at radius 3 is 2.18 bits per heavy atom. The van der Waals surface area contributed by atoms with Crippen LogP contribution >= 0.6 is 0 Å². The Bertz CT molecular complexity index is 523. The van der Waals surface area contributed by atoms with Gasteiger partial charge in [0, 0.05) is 18.3 Å². The van der Waals surface area contributed by atoms with Gasteiger partial charge in [0.2, 0.25) is 0 Å². The Morgan fingerprint density at radius 1 is 1.12 bits per heavy atom. The molecule has 0 aliphatic carbocycles. The van der Waals surface area contributed by atoms with Gasteiger partial charge in [0.15, 0.2) is 0 Å². The summed E-state index contributed by atoms with van der Waals surface area (Å²) in [4.78, 5) is 0. The van der Waals surface area contributed by atoms with Gasteiger partial charge in [-0.15, -0.1) is 0 Å². The largest absolute Gasteiger partial charge is 0.320 e. The summed E-state index contributed by atoms with van der Waals surface area (Å²) in [6, 6.07) is 8.27. The van der Waals surface area contributed by atoms with Crippen LogP contribution in [-0.2, 0) is 7.05 Å². The maximum atomic E-state index is 6.33. The van der Waals surface area contributed by atoms with Crippen LogP contribution in [0.15, 0.2) is 24.3 Å². The number of nitrogens with zero attached hydrogens (tertiary/aromatic N) is 2. The number of aryl methyl sites for hydroxylation is 3. The van der Waals surface area contributed by atoms with Gasteiger partial charge in [-0.2, -0.15) is 5.10 Å². The predicted octanol–water partition coefficient (Wildman–Crippen LogP) is 2.39. The highest BCUT2D eigenvalue weighted by Gasteiger charge is 2.17. The van der Waals surface area contributed by atoms with Gasteiger partial charge in [-0.1, -0.05) is 29.8 Å². The minimum atomic E-state index is -0.0932. The fourth-order valence-electron chi connectivity index (χ4n) is 2.18. The van der Waals surface area contributed by atoms with E-state index >= 15 is 0 Å². The minimum Gasteiger partial charge on any atom is -0.320 e. The van der Waals surface area contributed by atoms with Crippen molar-refractivity contribution < 1.29 is 0 Å². The molecule has 0 aliphatic heterocycles. The molecule has 0 radical (unpaired) electrons. The van der Waals surface area contributed by atoms with Gasteiger partial charge >= 0.3 is 0 Å². The molecule has 0 aliphatic rings. The van der Waals surface area contributed by atoms with E-state index in [9.17, 15) is 0 Å². The molecule has 2 aromatic rings. The van der Waals surface area contributed by atoms with Crippen LogP contribution in [0.5, 0.6) is 0 Å². The maximum absolute atomic E-state index is 6.33. The van der Waals surface area contributed by atoms with Crippen molar-refractivity contribution in [3.8, 4) is 0 Å². The molecule has 2 rings (SSSR count). The van der Waals surface area contributed by atoms with Crippen LogP contribution in [0.4, 0.5) is 0 Å². The van der Waals surface area contributed by atoms with E-state index in [1.807, 2.05) is 18.7 Å². The Labute approximate surface area is 102 Å². The summed E-state index contributed by atoms with van der Waals surface area (Å²) < 4.78 is 1.89. The Balaban J connectivity index is 2.43. The summed E-state index contributed by atoms with van der Waals surface area (Å²) in [5.41, 5.74) is 12.0. The molecular weight excluding hydrogens is 210 g/mol. The van der Waals surface area contributed by atoms with Crippen LogP contribution in [0.3, 0.4) is 0 Å². The molecule has 2 N–H and O–H groups in total. The number of hydrogen-bond donors (Lipinski definition) is 1. The van der Waals surface area contributed by atoms with Crippen molar-refractivity contribution in [3.05, 3.63) is 52.3 Å². The SMILES string of the molecule is Cc1ccc(C(N)c2c(C)nn(C)c2C)cc1. The molecule has 3 heteroatoms. The molecule has 1 aromatic heterocycles. The molecule has 0 amide bonds. The van der Waals surface area contributed by atoms with E-state index in [-0.39, 0.29) is 6.04 Å². The third-order valence-corrected chi connectivity index (χ3v) is 3.31. The van der Waals surface area contributed by atoms with Crippen LogP contribution in [0.25, 0.3) is 0 Å². The van der Waals surface area contributed by atoms with Gasteiger partial charge in [-0.05, 0) is 26.3 Å². The average Bonchev–Trinajstić information content (AvgIpc) is 2.53. The van der Waals surface area contributed by atoms with Gasteiger partial charge in [0.25, 0.3) is 0 Å². The number of nitrogens with two attached hydrogens (primary N) is 1. The molecule has 17 heavy (non-hydrogen) atoms. The standard InChI is InChI=1S/C14H19N3/c1-9-5-7-12(8-6-9)14(15)13-10(2)16-17(4)11(13)3/h5-8,14H,15H2,1-4H3. The van der Waals surface area contributed by atoms with Crippen molar-refractivity contribution in [2.45, 2.75) is 26.8 Å². The van der Waals surface area contributed by atoms with E-state index in [0.717, 1.165) is 22.5 Å². The third-order valence-electron chi connectivity index (χ3n) is 3.31. The van der Waals surface area contributed by atoms with Gasteiger partial charge in [0.05, 0.1) is 11.7 Å². The van der Waals surface area contributed by atoms with E-state index in [0.29, 0.717) is 0 Å². The van der Waals surface area contributed by atoms with E-state index in [4.69, 9.17) is 5.73 Å². The zero-order valence-corrected chi connectivity index (χ0v) is 10.9. The third kappa shape index (κ3) is 2.11. The Morgan fingerprint density at radius 2 is 1.71 bits per heavy atom. The summed E-state index contributed by atoms with van der Waals surface area (Å²) >= 11 is 0. The van der Waals surface area contributed by atoms with Crippen LogP contribution in [-0.4, -0.2) is 9.78 Å². The predicted molar refractivity (Wildman–Crippen MR) is 69.9 cm³/mol. The summed E-state index contributed by atoms with van der Waals surface area (Å²) in [6.07, 6.45) is 0. The normalized spacial score (nSPS) is 12.8. The van der Waals surface area contributed by atoms with Gasteiger partial charge < -0.3 is 5.73 Å². The lowest BCUT2D eigenvalue weighted by atomic mass is 9.97. The molecule has 1 aromatic carbocycles. The molecule has 90 valence electrons. The first-order valence-electron chi connectivity index (χ1n) is 5.83. The second kappa shape index (κ2) is 4.34. The van der Waals surface area contributed by atoms with E-state index in [1.165, 1.54) is 5.56 Å². The van der Waals surface area contributed by atoms with Crippen molar-refractivity contribution in [1.29, 1.82) is 0 Å². The smallest absolute Gasteiger partial charge is 0.0647 e. The summed E-state index contributed by atoms with van der Waals surface area (Å²) in [7, 11) is 1.95. The lowest BCUT2D eigenvalue weighted by molar-refractivity contribution is 0.728. The van der Waals surface area contributed by atoms with Crippen molar-refractivity contribution in [2.24, 2.45) is 12.8 Å². The number of hydrogen-bond acceptors (Lipinski definition) is 2. The first kappa shape index (κ1) is 11.9. The van der Waals surface area contributed by atoms with Gasteiger partial charge in [-0.25, -0.2) is 0 Å². The van der Waals surface area contributed by atoms with Crippen molar-refractivity contribution in [3.63, 3.8) is 0 Å². The molecule has 1 heterocycles. The van der Waals surface area contributed by atoms with Crippen molar-refractivity contribution >= 4 is 0 Å². The first-order valence-corrected chi connectivity index (χ1v) is 5.83. The molecule has 0 fully saturated rings. The molecule has 0 bridgehead atoms. The second-order valence-electron chi connectivity index (χ2n) is 4.60. The Hall–Kier alpha value is -1.61. The molecule has 1 atom stereocenters. The topological polar surface area (TPSA) is 43.8 Å². The van der Waals surface area contributed by atoms with Crippen molar-refractivity contribution in [1.82, 2.24) is 9.78 Å². The second-order valence-corrected chi connectivity index (χ2v) is 4.60. The summed E-state index contributed by atoms with van der Waals surface area (Å²) in [5.74, 6) is 0. The molecule has 0 saturated heterocycles. The molecule has 1 unspecified atom stereocenters. The maximum Gasteiger partial charge on any atom is 0.0647 e. The minimum absolute atomic E-state index is 0.0932. The molecule has 0 spiro atoms. The highest BCUT2D eigenvalue weighted by molar-refractivity contribution is 5.37. The number of benzene rings is 1. The van der Waals surface area contributed by atoms with E-state index in [2.05, 4.69) is 43.2 Å². The van der Waals surface area contributed by atoms with Crippen LogP contribution in [0.2, 0.25) is 0 Å². The van der Waals surface area contributed by atoms with E-state index < -0.39 is 0 Å². The summed E-state index contributed by atoms with van der Waals surface area (Å²) in [6.45, 7) is 6.15. The quantitative estimate of drug-likeness (QED) is 0.859. The Kier molecular flexibility index (Phi) is 3.03. The first-order chi connectivity index (χ1) is 8.00. The average molecular weight is 229 g/mol. The van der Waals surface area contributed by atoms with Gasteiger partial charge in [0.1, 0.15) is 0 Å². The highest BCUT2D eigenvalue weighted by Crippen LogP contribution is 2.25. The fraction of sp³-hybridized carbons (Fsp3) is 0.357. The highest BCUT2D eigenvalue weighted by atomic mass is 15.3. The zero-order valence-electron chi connectivity index (χ0n) is 10.9. The number of aromatic nitrogens is 2. The lowest BCUT2D eigenvalue weighted by Crippen LogP contribution is -2.13. The molecule has 0 saturated carbocycles. The van der Waals surface area contributed by atoms with Crippen LogP contribution < -0.4 is 5.73 Å². The monoisotopic (exact) mass is 229 g/mol. The zero-order chi connectivity index (χ0) is 12.6. The fourth-order valence-corrected chi connectivity index (χ4v) is 2.18. The van der Waals surface area contributed by atoms with Crippen LogP contribution in [0.1, 0.15) is 34.1 Å². The van der Waals surface area contributed by atoms with Crippen LogP contribution in [0, 0.1) is 20.8 Å².